The van der Waals surface area contributed by atoms with Crippen molar-refractivity contribution in [3.8, 4) is 5.75 Å². The van der Waals surface area contributed by atoms with Crippen molar-refractivity contribution in [2.75, 3.05) is 11.5 Å². The van der Waals surface area contributed by atoms with Gasteiger partial charge >= 0.3 is 0 Å². The van der Waals surface area contributed by atoms with Crippen LogP contribution in [0, 0.1) is 13.8 Å². The number of rotatable bonds is 4. The van der Waals surface area contributed by atoms with Gasteiger partial charge in [-0.2, -0.15) is 0 Å². The van der Waals surface area contributed by atoms with Crippen LogP contribution < -0.4 is 10.5 Å². The van der Waals surface area contributed by atoms with Crippen LogP contribution in [0.5, 0.6) is 5.75 Å². The molecular formula is C15H23NO3S. The van der Waals surface area contributed by atoms with Crippen molar-refractivity contribution in [1.82, 2.24) is 0 Å². The zero-order chi connectivity index (χ0) is 14.9. The van der Waals surface area contributed by atoms with Crippen LogP contribution in [0.15, 0.2) is 12.1 Å². The quantitative estimate of drug-likeness (QED) is 0.919. The van der Waals surface area contributed by atoms with Gasteiger partial charge in [0.15, 0.2) is 9.84 Å². The van der Waals surface area contributed by atoms with Crippen molar-refractivity contribution >= 4 is 9.84 Å². The molecule has 0 radical (unpaired) electrons. The van der Waals surface area contributed by atoms with Crippen molar-refractivity contribution in [3.63, 3.8) is 0 Å². The largest absolute Gasteiger partial charge is 0.489 e. The highest BCUT2D eigenvalue weighted by Gasteiger charge is 2.30. The lowest BCUT2D eigenvalue weighted by Gasteiger charge is -2.18. The minimum absolute atomic E-state index is 0.126. The molecule has 0 bridgehead atoms. The van der Waals surface area contributed by atoms with Crippen molar-refractivity contribution < 1.29 is 13.2 Å². The van der Waals surface area contributed by atoms with Gasteiger partial charge in [0.05, 0.1) is 11.5 Å². The molecule has 1 aromatic carbocycles. The highest BCUT2D eigenvalue weighted by molar-refractivity contribution is 7.91. The predicted molar refractivity (Wildman–Crippen MR) is 81.0 cm³/mol. The van der Waals surface area contributed by atoms with Crippen molar-refractivity contribution in [2.24, 2.45) is 5.73 Å². The highest BCUT2D eigenvalue weighted by Crippen LogP contribution is 2.28. The predicted octanol–water partition coefficient (Wildman–Crippen LogP) is 1.76. The van der Waals surface area contributed by atoms with Crippen LogP contribution in [0.25, 0.3) is 0 Å². The van der Waals surface area contributed by atoms with E-state index in [4.69, 9.17) is 10.5 Å². The number of aryl methyl sites for hydroxylation is 2. The molecule has 0 aromatic heterocycles. The third-order valence-corrected chi connectivity index (χ3v) is 5.29. The summed E-state index contributed by atoms with van der Waals surface area (Å²) in [4.78, 5) is 0. The summed E-state index contributed by atoms with van der Waals surface area (Å²) < 4.78 is 28.9. The summed E-state index contributed by atoms with van der Waals surface area (Å²) in [6.07, 6.45) is 1.21. The van der Waals surface area contributed by atoms with E-state index in [-0.39, 0.29) is 23.7 Å². The fraction of sp³-hybridized carbons (Fsp3) is 0.600. The maximum absolute atomic E-state index is 11.5. The molecule has 2 rings (SSSR count). The first-order valence-electron chi connectivity index (χ1n) is 6.99. The van der Waals surface area contributed by atoms with Crippen molar-refractivity contribution in [1.29, 1.82) is 0 Å². The summed E-state index contributed by atoms with van der Waals surface area (Å²) in [5.74, 6) is 1.19. The molecule has 1 aliphatic heterocycles. The van der Waals surface area contributed by atoms with Crippen LogP contribution in [-0.2, 0) is 16.3 Å². The Balaban J connectivity index is 2.16. The Hall–Kier alpha value is -1.07. The number of hydrogen-bond acceptors (Lipinski definition) is 4. The molecular weight excluding hydrogens is 274 g/mol. The molecule has 1 heterocycles. The lowest BCUT2D eigenvalue weighted by molar-refractivity contribution is 0.226. The normalized spacial score (nSPS) is 22.7. The standard InChI is InChI=1S/C15H23NO3S/c1-10-6-13(8-12(3)16)7-11(2)15(10)19-14-4-5-20(17,18)9-14/h6-7,12,14H,4-5,8-9,16H2,1-3H3. The zero-order valence-electron chi connectivity index (χ0n) is 12.3. The smallest absolute Gasteiger partial charge is 0.154 e. The number of ether oxygens (including phenoxy) is 1. The molecule has 4 nitrogen and oxygen atoms in total. The van der Waals surface area contributed by atoms with Crippen LogP contribution in [-0.4, -0.2) is 32.1 Å². The Labute approximate surface area is 121 Å². The monoisotopic (exact) mass is 297 g/mol. The maximum atomic E-state index is 11.5. The molecule has 2 N–H and O–H groups in total. The average molecular weight is 297 g/mol. The number of nitrogens with two attached hydrogens (primary N) is 1. The maximum Gasteiger partial charge on any atom is 0.154 e. The molecule has 1 fully saturated rings. The van der Waals surface area contributed by atoms with Crippen LogP contribution in [0.3, 0.4) is 0 Å². The molecule has 20 heavy (non-hydrogen) atoms. The fourth-order valence-electron chi connectivity index (χ4n) is 2.74. The Kier molecular flexibility index (Phi) is 4.39. The first-order chi connectivity index (χ1) is 9.27. The Morgan fingerprint density at radius 1 is 1.35 bits per heavy atom. The number of hydrogen-bond donors (Lipinski definition) is 1. The van der Waals surface area contributed by atoms with E-state index in [1.54, 1.807) is 0 Å². The molecule has 0 spiro atoms. The van der Waals surface area contributed by atoms with E-state index in [2.05, 4.69) is 12.1 Å². The summed E-state index contributed by atoms with van der Waals surface area (Å²) >= 11 is 0. The lowest BCUT2D eigenvalue weighted by Crippen LogP contribution is -2.20. The fourth-order valence-corrected chi connectivity index (χ4v) is 4.33. The second kappa shape index (κ2) is 5.74. The topological polar surface area (TPSA) is 69.4 Å². The van der Waals surface area contributed by atoms with Gasteiger partial charge in [0.2, 0.25) is 0 Å². The molecule has 2 unspecified atom stereocenters. The molecule has 1 saturated heterocycles. The van der Waals surface area contributed by atoms with Gasteiger partial charge in [0.1, 0.15) is 11.9 Å². The molecule has 0 aliphatic carbocycles. The van der Waals surface area contributed by atoms with Crippen molar-refractivity contribution in [2.45, 2.75) is 45.8 Å². The Bertz CT molecular complexity index is 570. The van der Waals surface area contributed by atoms with Crippen LogP contribution >= 0.6 is 0 Å². The minimum atomic E-state index is -2.91. The average Bonchev–Trinajstić information content (AvgIpc) is 2.62. The van der Waals surface area contributed by atoms with E-state index >= 15 is 0 Å². The molecule has 112 valence electrons. The first kappa shape index (κ1) is 15.3. The molecule has 1 aliphatic rings. The molecule has 0 amide bonds. The summed E-state index contributed by atoms with van der Waals surface area (Å²) in [5.41, 5.74) is 9.11. The van der Waals surface area contributed by atoms with E-state index in [1.165, 1.54) is 5.56 Å². The van der Waals surface area contributed by atoms with Gasteiger partial charge < -0.3 is 10.5 Å². The number of sulfone groups is 1. The Morgan fingerprint density at radius 2 is 1.95 bits per heavy atom. The molecule has 1 aromatic rings. The van der Waals surface area contributed by atoms with Crippen LogP contribution in [0.4, 0.5) is 0 Å². The van der Waals surface area contributed by atoms with E-state index in [0.717, 1.165) is 23.3 Å². The van der Waals surface area contributed by atoms with Crippen molar-refractivity contribution in [3.05, 3.63) is 28.8 Å². The molecule has 5 heteroatoms. The second-order valence-electron chi connectivity index (χ2n) is 5.88. The SMILES string of the molecule is Cc1cc(CC(C)N)cc(C)c1OC1CCS(=O)(=O)C1. The van der Waals surface area contributed by atoms with E-state index in [9.17, 15) is 8.42 Å². The second-order valence-corrected chi connectivity index (χ2v) is 8.11. The Morgan fingerprint density at radius 3 is 2.40 bits per heavy atom. The highest BCUT2D eigenvalue weighted by atomic mass is 32.2. The van der Waals surface area contributed by atoms with Crippen LogP contribution in [0.1, 0.15) is 30.0 Å². The summed E-state index contributed by atoms with van der Waals surface area (Å²) in [6, 6.07) is 4.28. The summed E-state index contributed by atoms with van der Waals surface area (Å²) in [6.45, 7) is 5.98. The minimum Gasteiger partial charge on any atom is -0.489 e. The summed E-state index contributed by atoms with van der Waals surface area (Å²) in [5, 5.41) is 0. The van der Waals surface area contributed by atoms with Gasteiger partial charge in [-0.15, -0.1) is 0 Å². The first-order valence-corrected chi connectivity index (χ1v) is 8.82. The number of benzene rings is 1. The van der Waals surface area contributed by atoms with Crippen LogP contribution in [0.2, 0.25) is 0 Å². The van der Waals surface area contributed by atoms with E-state index in [1.807, 2.05) is 20.8 Å². The van der Waals surface area contributed by atoms with Gasteiger partial charge in [-0.05, 0) is 50.3 Å². The molecule has 2 atom stereocenters. The summed E-state index contributed by atoms with van der Waals surface area (Å²) in [7, 11) is -2.91. The van der Waals surface area contributed by atoms with E-state index in [0.29, 0.717) is 6.42 Å². The third kappa shape index (κ3) is 3.73. The van der Waals surface area contributed by atoms with E-state index < -0.39 is 9.84 Å². The van der Waals surface area contributed by atoms with Gasteiger partial charge in [-0.3, -0.25) is 0 Å². The van der Waals surface area contributed by atoms with Gasteiger partial charge in [0.25, 0.3) is 0 Å². The van der Waals surface area contributed by atoms with Gasteiger partial charge in [-0.1, -0.05) is 12.1 Å². The third-order valence-electron chi connectivity index (χ3n) is 3.55. The van der Waals surface area contributed by atoms with Gasteiger partial charge in [0, 0.05) is 6.04 Å². The van der Waals surface area contributed by atoms with Gasteiger partial charge in [-0.25, -0.2) is 8.42 Å². The molecule has 0 saturated carbocycles. The lowest BCUT2D eigenvalue weighted by atomic mass is 10.0. The zero-order valence-corrected chi connectivity index (χ0v) is 13.2.